The fourth-order valence-corrected chi connectivity index (χ4v) is 2.54. The van der Waals surface area contributed by atoms with E-state index in [4.69, 9.17) is 9.47 Å². The van der Waals surface area contributed by atoms with Crippen LogP contribution in [-0.2, 0) is 6.54 Å². The quantitative estimate of drug-likeness (QED) is 0.695. The predicted molar refractivity (Wildman–Crippen MR) is 109 cm³/mol. The third-order valence-electron chi connectivity index (χ3n) is 4.27. The third kappa shape index (κ3) is 6.01. The van der Waals surface area contributed by atoms with Gasteiger partial charge in [0.2, 0.25) is 0 Å². The average molecular weight is 384 g/mol. The Balaban J connectivity index is 1.97. The molecule has 150 valence electrons. The van der Waals surface area contributed by atoms with Crippen molar-refractivity contribution in [3.8, 4) is 11.5 Å². The Hall–Kier alpha value is -3.02. The van der Waals surface area contributed by atoms with E-state index in [0.717, 1.165) is 12.0 Å². The van der Waals surface area contributed by atoms with E-state index in [1.807, 2.05) is 12.1 Å². The van der Waals surface area contributed by atoms with Crippen LogP contribution in [0, 0.1) is 5.92 Å². The van der Waals surface area contributed by atoms with Crippen LogP contribution in [0.3, 0.4) is 0 Å². The molecular weight excluding hydrogens is 356 g/mol. The lowest BCUT2D eigenvalue weighted by molar-refractivity contribution is 0.0945. The zero-order chi connectivity index (χ0) is 20.5. The van der Waals surface area contributed by atoms with Crippen LogP contribution in [-0.4, -0.2) is 32.6 Å². The van der Waals surface area contributed by atoms with E-state index in [2.05, 4.69) is 24.5 Å². The Morgan fingerprint density at radius 1 is 0.964 bits per heavy atom. The van der Waals surface area contributed by atoms with Crippen molar-refractivity contribution < 1.29 is 19.1 Å². The van der Waals surface area contributed by atoms with Gasteiger partial charge >= 0.3 is 0 Å². The molecule has 0 heterocycles. The summed E-state index contributed by atoms with van der Waals surface area (Å²) in [7, 11) is 3.14. The maximum atomic E-state index is 12.5. The van der Waals surface area contributed by atoms with E-state index < -0.39 is 0 Å². The van der Waals surface area contributed by atoms with Gasteiger partial charge in [-0.1, -0.05) is 26.0 Å². The molecule has 0 spiro atoms. The molecule has 2 aromatic carbocycles. The van der Waals surface area contributed by atoms with Crippen LogP contribution in [0.25, 0.3) is 0 Å². The molecule has 0 aliphatic heterocycles. The fraction of sp³-hybridized carbons (Fsp3) is 0.364. The van der Waals surface area contributed by atoms with Crippen LogP contribution in [0.4, 0.5) is 0 Å². The summed E-state index contributed by atoms with van der Waals surface area (Å²) in [6.07, 6.45) is 0.949. The number of methoxy groups -OCH3 is 1. The standard InChI is InChI=1S/C22H28N2O4/c1-15(2)11-12-28-19-10-9-18(13-20(19)27-4)22(26)24-14-16-5-7-17(8-6-16)21(25)23-3/h5-10,13,15H,11-12,14H2,1-4H3,(H,23,25)(H,24,26). The van der Waals surface area contributed by atoms with E-state index >= 15 is 0 Å². The van der Waals surface area contributed by atoms with Gasteiger partial charge in [0.25, 0.3) is 11.8 Å². The normalized spacial score (nSPS) is 10.5. The number of benzene rings is 2. The first-order valence-corrected chi connectivity index (χ1v) is 9.34. The molecule has 0 saturated carbocycles. The van der Waals surface area contributed by atoms with Gasteiger partial charge in [-0.05, 0) is 48.2 Å². The third-order valence-corrected chi connectivity index (χ3v) is 4.27. The molecule has 2 aromatic rings. The lowest BCUT2D eigenvalue weighted by atomic mass is 10.1. The first-order valence-electron chi connectivity index (χ1n) is 9.34. The fourth-order valence-electron chi connectivity index (χ4n) is 2.54. The van der Waals surface area contributed by atoms with Crippen molar-refractivity contribution in [2.24, 2.45) is 5.92 Å². The van der Waals surface area contributed by atoms with Crippen LogP contribution in [0.1, 0.15) is 46.5 Å². The molecule has 6 heteroatoms. The van der Waals surface area contributed by atoms with E-state index in [0.29, 0.717) is 41.7 Å². The maximum absolute atomic E-state index is 12.5. The molecule has 0 unspecified atom stereocenters. The van der Waals surface area contributed by atoms with Crippen LogP contribution in [0.2, 0.25) is 0 Å². The highest BCUT2D eigenvalue weighted by Crippen LogP contribution is 2.28. The van der Waals surface area contributed by atoms with Gasteiger partial charge in [-0.25, -0.2) is 0 Å². The number of hydrogen-bond donors (Lipinski definition) is 2. The molecule has 2 rings (SSSR count). The van der Waals surface area contributed by atoms with Crippen molar-refractivity contribution in [2.75, 3.05) is 20.8 Å². The van der Waals surface area contributed by atoms with Gasteiger partial charge in [0.15, 0.2) is 11.5 Å². The Morgan fingerprint density at radius 2 is 1.64 bits per heavy atom. The highest BCUT2D eigenvalue weighted by molar-refractivity contribution is 5.95. The van der Waals surface area contributed by atoms with Crippen LogP contribution < -0.4 is 20.1 Å². The molecule has 28 heavy (non-hydrogen) atoms. The summed E-state index contributed by atoms with van der Waals surface area (Å²) in [4.78, 5) is 24.0. The van der Waals surface area contributed by atoms with Crippen LogP contribution in [0.5, 0.6) is 11.5 Å². The molecule has 0 aliphatic rings. The number of carbonyl (C=O) groups excluding carboxylic acids is 2. The van der Waals surface area contributed by atoms with Crippen molar-refractivity contribution in [3.05, 3.63) is 59.2 Å². The molecule has 0 bridgehead atoms. The number of carbonyl (C=O) groups is 2. The minimum Gasteiger partial charge on any atom is -0.493 e. The van der Waals surface area contributed by atoms with Gasteiger partial charge in [0.05, 0.1) is 13.7 Å². The molecule has 0 aliphatic carbocycles. The maximum Gasteiger partial charge on any atom is 0.251 e. The topological polar surface area (TPSA) is 76.7 Å². The molecule has 6 nitrogen and oxygen atoms in total. The summed E-state index contributed by atoms with van der Waals surface area (Å²) in [5, 5.41) is 5.45. The molecule has 0 saturated heterocycles. The van der Waals surface area contributed by atoms with Crippen molar-refractivity contribution >= 4 is 11.8 Å². The molecule has 0 fully saturated rings. The molecule has 2 amide bonds. The monoisotopic (exact) mass is 384 g/mol. The summed E-state index contributed by atoms with van der Waals surface area (Å²) in [5.41, 5.74) is 1.98. The van der Waals surface area contributed by atoms with Gasteiger partial charge in [-0.2, -0.15) is 0 Å². The highest BCUT2D eigenvalue weighted by atomic mass is 16.5. The summed E-state index contributed by atoms with van der Waals surface area (Å²) in [5.74, 6) is 1.37. The number of rotatable bonds is 9. The molecule has 2 N–H and O–H groups in total. The molecular formula is C22H28N2O4. The molecule has 0 atom stereocenters. The van der Waals surface area contributed by atoms with Gasteiger partial charge in [-0.15, -0.1) is 0 Å². The van der Waals surface area contributed by atoms with E-state index in [1.165, 1.54) is 0 Å². The first kappa shape index (κ1) is 21.3. The van der Waals surface area contributed by atoms with Gasteiger partial charge in [-0.3, -0.25) is 9.59 Å². The lowest BCUT2D eigenvalue weighted by Gasteiger charge is -2.13. The van der Waals surface area contributed by atoms with E-state index in [1.54, 1.807) is 44.5 Å². The number of amides is 2. The van der Waals surface area contributed by atoms with Crippen molar-refractivity contribution in [2.45, 2.75) is 26.8 Å². The van der Waals surface area contributed by atoms with Gasteiger partial charge in [0.1, 0.15) is 0 Å². The van der Waals surface area contributed by atoms with E-state index in [9.17, 15) is 9.59 Å². The second-order valence-corrected chi connectivity index (χ2v) is 6.86. The average Bonchev–Trinajstić information content (AvgIpc) is 2.71. The number of ether oxygens (including phenoxy) is 2. The molecule has 0 radical (unpaired) electrons. The van der Waals surface area contributed by atoms with Crippen molar-refractivity contribution in [1.29, 1.82) is 0 Å². The van der Waals surface area contributed by atoms with Crippen LogP contribution >= 0.6 is 0 Å². The second kappa shape index (κ2) is 10.3. The van der Waals surface area contributed by atoms with Crippen molar-refractivity contribution in [1.82, 2.24) is 10.6 Å². The van der Waals surface area contributed by atoms with Crippen molar-refractivity contribution in [3.63, 3.8) is 0 Å². The Bertz CT molecular complexity index is 801. The summed E-state index contributed by atoms with van der Waals surface area (Å²) in [6.45, 7) is 5.24. The zero-order valence-electron chi connectivity index (χ0n) is 16.9. The summed E-state index contributed by atoms with van der Waals surface area (Å²) in [6, 6.07) is 12.2. The minimum atomic E-state index is -0.206. The Morgan fingerprint density at radius 3 is 2.25 bits per heavy atom. The van der Waals surface area contributed by atoms with Gasteiger partial charge < -0.3 is 20.1 Å². The number of hydrogen-bond acceptors (Lipinski definition) is 4. The predicted octanol–water partition coefficient (Wildman–Crippen LogP) is 3.41. The SMILES string of the molecule is CNC(=O)c1ccc(CNC(=O)c2ccc(OCCC(C)C)c(OC)c2)cc1. The zero-order valence-corrected chi connectivity index (χ0v) is 16.9. The van der Waals surface area contributed by atoms with Gasteiger partial charge in [0, 0.05) is 24.7 Å². The highest BCUT2D eigenvalue weighted by Gasteiger charge is 2.12. The first-order chi connectivity index (χ1) is 13.4. The minimum absolute atomic E-state index is 0.140. The second-order valence-electron chi connectivity index (χ2n) is 6.86. The Labute approximate surface area is 166 Å². The smallest absolute Gasteiger partial charge is 0.251 e. The number of nitrogens with one attached hydrogen (secondary N) is 2. The summed E-state index contributed by atoms with van der Waals surface area (Å²) >= 11 is 0. The lowest BCUT2D eigenvalue weighted by Crippen LogP contribution is -2.23. The largest absolute Gasteiger partial charge is 0.493 e. The summed E-state index contributed by atoms with van der Waals surface area (Å²) < 4.78 is 11.1. The molecule has 0 aromatic heterocycles. The Kier molecular flexibility index (Phi) is 7.87. The van der Waals surface area contributed by atoms with Crippen LogP contribution in [0.15, 0.2) is 42.5 Å². The van der Waals surface area contributed by atoms with E-state index in [-0.39, 0.29) is 11.8 Å².